The lowest BCUT2D eigenvalue weighted by Crippen LogP contribution is -2.28. The van der Waals surface area contributed by atoms with Crippen molar-refractivity contribution in [2.24, 2.45) is 5.92 Å². The zero-order chi connectivity index (χ0) is 20.1. The molecule has 148 valence electrons. The molecule has 0 saturated carbocycles. The molecule has 28 heavy (non-hydrogen) atoms. The van der Waals surface area contributed by atoms with Crippen LogP contribution in [-0.4, -0.2) is 36.0 Å². The molecule has 1 heterocycles. The van der Waals surface area contributed by atoms with E-state index in [4.69, 9.17) is 4.74 Å². The molecule has 5 nitrogen and oxygen atoms in total. The van der Waals surface area contributed by atoms with Crippen LogP contribution in [0.25, 0.3) is 0 Å². The lowest BCUT2D eigenvalue weighted by atomic mass is 10.1. The Hall–Kier alpha value is -3.03. The molecule has 1 aliphatic rings. The second-order valence-corrected chi connectivity index (χ2v) is 6.55. The highest BCUT2D eigenvalue weighted by atomic mass is 19.4. The van der Waals surface area contributed by atoms with Crippen LogP contribution in [0.15, 0.2) is 54.6 Å². The van der Waals surface area contributed by atoms with E-state index in [1.54, 1.807) is 11.0 Å². The number of alkyl halides is 3. The van der Waals surface area contributed by atoms with Crippen molar-refractivity contribution in [2.75, 3.05) is 18.5 Å². The molecule has 8 heteroatoms. The predicted octanol–water partition coefficient (Wildman–Crippen LogP) is 3.61. The fraction of sp³-hybridized carbons (Fsp3) is 0.300. The SMILES string of the molecule is O=C(Nc1ccccc1OCC(F)(F)F)C1CC(=O)N(Cc2ccccc2)C1. The molecule has 2 amide bonds. The second-order valence-electron chi connectivity index (χ2n) is 6.55. The standard InChI is InChI=1S/C20H19F3N2O3/c21-20(22,23)13-28-17-9-5-4-8-16(17)24-19(27)15-10-18(26)25(12-15)11-14-6-2-1-3-7-14/h1-9,15H,10-13H2,(H,24,27). The number of ether oxygens (including phenoxy) is 1. The number of rotatable bonds is 6. The molecular weight excluding hydrogens is 373 g/mol. The summed E-state index contributed by atoms with van der Waals surface area (Å²) in [5, 5.41) is 2.58. The molecule has 1 fully saturated rings. The maximum atomic E-state index is 12.5. The number of hydrogen-bond acceptors (Lipinski definition) is 3. The fourth-order valence-corrected chi connectivity index (χ4v) is 2.99. The number of likely N-dealkylation sites (tertiary alicyclic amines) is 1. The number of carbonyl (C=O) groups excluding carboxylic acids is 2. The van der Waals surface area contributed by atoms with Gasteiger partial charge in [0.2, 0.25) is 11.8 Å². The van der Waals surface area contributed by atoms with Gasteiger partial charge in [0.1, 0.15) is 5.75 Å². The van der Waals surface area contributed by atoms with Crippen molar-refractivity contribution in [1.29, 1.82) is 0 Å². The summed E-state index contributed by atoms with van der Waals surface area (Å²) in [6.07, 6.45) is -4.42. The Bertz CT molecular complexity index is 840. The van der Waals surface area contributed by atoms with Gasteiger partial charge in [0.05, 0.1) is 11.6 Å². The highest BCUT2D eigenvalue weighted by molar-refractivity contribution is 5.98. The van der Waals surface area contributed by atoms with Gasteiger partial charge in [0.15, 0.2) is 6.61 Å². The summed E-state index contributed by atoms with van der Waals surface area (Å²) >= 11 is 0. The summed E-state index contributed by atoms with van der Waals surface area (Å²) in [4.78, 5) is 26.4. The Balaban J connectivity index is 1.62. The van der Waals surface area contributed by atoms with Crippen LogP contribution in [-0.2, 0) is 16.1 Å². The summed E-state index contributed by atoms with van der Waals surface area (Å²) in [5.74, 6) is -1.21. The minimum atomic E-state index is -4.48. The van der Waals surface area contributed by atoms with Gasteiger partial charge in [-0.25, -0.2) is 0 Å². The van der Waals surface area contributed by atoms with E-state index in [2.05, 4.69) is 5.32 Å². The van der Waals surface area contributed by atoms with Crippen molar-refractivity contribution in [3.8, 4) is 5.75 Å². The number of hydrogen-bond donors (Lipinski definition) is 1. The smallest absolute Gasteiger partial charge is 0.422 e. The van der Waals surface area contributed by atoms with Crippen molar-refractivity contribution in [3.05, 3.63) is 60.2 Å². The van der Waals surface area contributed by atoms with Crippen LogP contribution in [0.1, 0.15) is 12.0 Å². The Morgan fingerprint density at radius 1 is 1.11 bits per heavy atom. The zero-order valence-corrected chi connectivity index (χ0v) is 14.9. The first-order chi connectivity index (χ1) is 13.3. The van der Waals surface area contributed by atoms with Crippen LogP contribution in [0.5, 0.6) is 5.75 Å². The average molecular weight is 392 g/mol. The predicted molar refractivity (Wildman–Crippen MR) is 96.6 cm³/mol. The highest BCUT2D eigenvalue weighted by Gasteiger charge is 2.34. The molecule has 1 saturated heterocycles. The molecule has 0 aromatic heterocycles. The van der Waals surface area contributed by atoms with E-state index >= 15 is 0 Å². The third-order valence-corrected chi connectivity index (χ3v) is 4.34. The minimum absolute atomic E-state index is 0.0598. The molecule has 2 aromatic rings. The quantitative estimate of drug-likeness (QED) is 0.817. The third kappa shape index (κ3) is 5.25. The summed E-state index contributed by atoms with van der Waals surface area (Å²) in [6.45, 7) is -0.785. The minimum Gasteiger partial charge on any atom is -0.482 e. The molecule has 0 radical (unpaired) electrons. The van der Waals surface area contributed by atoms with Gasteiger partial charge in [-0.2, -0.15) is 13.2 Å². The molecule has 0 spiro atoms. The van der Waals surface area contributed by atoms with Crippen LogP contribution < -0.4 is 10.1 Å². The van der Waals surface area contributed by atoms with Crippen molar-refractivity contribution in [1.82, 2.24) is 4.90 Å². The van der Waals surface area contributed by atoms with Crippen molar-refractivity contribution >= 4 is 17.5 Å². The fourth-order valence-electron chi connectivity index (χ4n) is 2.99. The highest BCUT2D eigenvalue weighted by Crippen LogP contribution is 2.28. The third-order valence-electron chi connectivity index (χ3n) is 4.34. The van der Waals surface area contributed by atoms with E-state index in [0.717, 1.165) is 5.56 Å². The van der Waals surface area contributed by atoms with Crippen molar-refractivity contribution < 1.29 is 27.5 Å². The van der Waals surface area contributed by atoms with Gasteiger partial charge in [-0.05, 0) is 17.7 Å². The molecule has 1 aliphatic heterocycles. The van der Waals surface area contributed by atoms with Crippen LogP contribution in [0.4, 0.5) is 18.9 Å². The van der Waals surface area contributed by atoms with Gasteiger partial charge in [-0.1, -0.05) is 42.5 Å². The zero-order valence-electron chi connectivity index (χ0n) is 14.9. The number of nitrogens with one attached hydrogen (secondary N) is 1. The summed E-state index contributed by atoms with van der Waals surface area (Å²) in [6, 6.07) is 15.3. The lowest BCUT2D eigenvalue weighted by molar-refractivity contribution is -0.153. The Morgan fingerprint density at radius 3 is 2.50 bits per heavy atom. The van der Waals surface area contributed by atoms with Gasteiger partial charge >= 0.3 is 6.18 Å². The lowest BCUT2D eigenvalue weighted by Gasteiger charge is -2.17. The van der Waals surface area contributed by atoms with Crippen LogP contribution in [0, 0.1) is 5.92 Å². The Kier molecular flexibility index (Phi) is 5.87. The van der Waals surface area contributed by atoms with Gasteiger partial charge in [-0.15, -0.1) is 0 Å². The number of carbonyl (C=O) groups is 2. The number of benzene rings is 2. The summed E-state index contributed by atoms with van der Waals surface area (Å²) < 4.78 is 41.9. The van der Waals surface area contributed by atoms with Gasteiger partial charge in [0.25, 0.3) is 0 Å². The summed E-state index contributed by atoms with van der Waals surface area (Å²) in [5.41, 5.74) is 1.11. The maximum absolute atomic E-state index is 12.5. The van der Waals surface area contributed by atoms with E-state index in [0.29, 0.717) is 6.54 Å². The van der Waals surface area contributed by atoms with E-state index in [9.17, 15) is 22.8 Å². The van der Waals surface area contributed by atoms with Crippen LogP contribution >= 0.6 is 0 Å². The maximum Gasteiger partial charge on any atom is 0.422 e. The van der Waals surface area contributed by atoms with Crippen molar-refractivity contribution in [2.45, 2.75) is 19.1 Å². The average Bonchev–Trinajstić information content (AvgIpc) is 3.02. The van der Waals surface area contributed by atoms with E-state index in [-0.39, 0.29) is 30.3 Å². The van der Waals surface area contributed by atoms with Gasteiger partial charge < -0.3 is 15.0 Å². The summed E-state index contributed by atoms with van der Waals surface area (Å²) in [7, 11) is 0. The van der Waals surface area contributed by atoms with E-state index < -0.39 is 24.6 Å². The molecule has 3 rings (SSSR count). The number of amides is 2. The molecule has 0 aliphatic carbocycles. The van der Waals surface area contributed by atoms with Crippen LogP contribution in [0.3, 0.4) is 0 Å². The largest absolute Gasteiger partial charge is 0.482 e. The normalized spacial score (nSPS) is 16.9. The van der Waals surface area contributed by atoms with E-state index in [1.165, 1.54) is 18.2 Å². The van der Waals surface area contributed by atoms with E-state index in [1.807, 2.05) is 30.3 Å². The topological polar surface area (TPSA) is 58.6 Å². The molecule has 1 atom stereocenters. The molecule has 2 aromatic carbocycles. The first kappa shape index (κ1) is 19.7. The van der Waals surface area contributed by atoms with Gasteiger partial charge in [-0.3, -0.25) is 9.59 Å². The van der Waals surface area contributed by atoms with Gasteiger partial charge in [0, 0.05) is 19.5 Å². The molecule has 1 unspecified atom stereocenters. The number of halogens is 3. The number of anilines is 1. The first-order valence-electron chi connectivity index (χ1n) is 8.73. The van der Waals surface area contributed by atoms with Crippen LogP contribution in [0.2, 0.25) is 0 Å². The molecule has 0 bridgehead atoms. The monoisotopic (exact) mass is 392 g/mol. The second kappa shape index (κ2) is 8.33. The molecular formula is C20H19F3N2O3. The number of para-hydroxylation sites is 2. The Morgan fingerprint density at radius 2 is 1.79 bits per heavy atom. The molecule has 1 N–H and O–H groups in total. The van der Waals surface area contributed by atoms with Crippen molar-refractivity contribution in [3.63, 3.8) is 0 Å². The Labute approximate surface area is 160 Å². The first-order valence-corrected chi connectivity index (χ1v) is 8.73. The number of nitrogens with zero attached hydrogens (tertiary/aromatic N) is 1.